The fraction of sp³-hybridized carbons (Fsp3) is 0.533. The van der Waals surface area contributed by atoms with Crippen molar-refractivity contribution in [1.29, 1.82) is 0 Å². The molecule has 0 unspecified atom stereocenters. The SMILES string of the molecule is CC(C)(CO)[C@H](O)C(=O)NCCS(=O)(=O)NCc1ccccc1. The Hall–Kier alpha value is -1.48. The van der Waals surface area contributed by atoms with Gasteiger partial charge in [-0.1, -0.05) is 44.2 Å². The lowest BCUT2D eigenvalue weighted by atomic mass is 9.87. The number of nitrogens with one attached hydrogen (secondary N) is 2. The van der Waals surface area contributed by atoms with Gasteiger partial charge in [0.25, 0.3) is 0 Å². The van der Waals surface area contributed by atoms with E-state index in [1.807, 2.05) is 18.2 Å². The molecule has 0 heterocycles. The quantitative estimate of drug-likeness (QED) is 0.487. The van der Waals surface area contributed by atoms with Crippen molar-refractivity contribution in [2.24, 2.45) is 5.41 Å². The first kappa shape index (κ1) is 19.6. The van der Waals surface area contributed by atoms with Crippen LogP contribution in [0.5, 0.6) is 0 Å². The average molecular weight is 344 g/mol. The third-order valence-corrected chi connectivity index (χ3v) is 4.73. The fourth-order valence-electron chi connectivity index (χ4n) is 1.71. The van der Waals surface area contributed by atoms with Crippen LogP contribution in [0, 0.1) is 5.41 Å². The smallest absolute Gasteiger partial charge is 0.249 e. The summed E-state index contributed by atoms with van der Waals surface area (Å²) in [5.74, 6) is -1.000. The van der Waals surface area contributed by atoms with Gasteiger partial charge in [0, 0.05) is 18.5 Å². The molecule has 0 saturated carbocycles. The van der Waals surface area contributed by atoms with E-state index in [9.17, 15) is 18.3 Å². The average Bonchev–Trinajstić information content (AvgIpc) is 2.53. The first-order valence-corrected chi connectivity index (χ1v) is 8.91. The predicted molar refractivity (Wildman–Crippen MR) is 87.0 cm³/mol. The molecule has 8 heteroatoms. The molecule has 1 atom stereocenters. The molecule has 130 valence electrons. The highest BCUT2D eigenvalue weighted by atomic mass is 32.2. The zero-order valence-corrected chi connectivity index (χ0v) is 14.1. The molecule has 0 aromatic heterocycles. The molecule has 4 N–H and O–H groups in total. The Bertz CT molecular complexity index is 602. The molecule has 1 amide bonds. The highest BCUT2D eigenvalue weighted by Crippen LogP contribution is 2.19. The molecule has 1 aromatic carbocycles. The third kappa shape index (κ3) is 6.66. The van der Waals surface area contributed by atoms with Gasteiger partial charge in [0.2, 0.25) is 15.9 Å². The van der Waals surface area contributed by atoms with E-state index in [0.717, 1.165) is 5.56 Å². The van der Waals surface area contributed by atoms with E-state index < -0.39 is 27.4 Å². The summed E-state index contributed by atoms with van der Waals surface area (Å²) in [6.45, 7) is 2.77. The molecule has 23 heavy (non-hydrogen) atoms. The van der Waals surface area contributed by atoms with Crippen LogP contribution in [0.25, 0.3) is 0 Å². The van der Waals surface area contributed by atoms with Gasteiger partial charge in [0.05, 0.1) is 12.4 Å². The van der Waals surface area contributed by atoms with Crippen molar-refractivity contribution in [2.45, 2.75) is 26.5 Å². The summed E-state index contributed by atoms with van der Waals surface area (Å²) in [4.78, 5) is 11.7. The van der Waals surface area contributed by atoms with Crippen molar-refractivity contribution in [3.8, 4) is 0 Å². The minimum atomic E-state index is -3.54. The molecule has 0 fully saturated rings. The van der Waals surface area contributed by atoms with E-state index in [4.69, 9.17) is 5.11 Å². The number of sulfonamides is 1. The minimum Gasteiger partial charge on any atom is -0.396 e. The summed E-state index contributed by atoms with van der Waals surface area (Å²) in [5, 5.41) is 21.2. The van der Waals surface area contributed by atoms with Crippen LogP contribution in [0.15, 0.2) is 30.3 Å². The van der Waals surface area contributed by atoms with Crippen LogP contribution < -0.4 is 10.0 Å². The summed E-state index contributed by atoms with van der Waals surface area (Å²) >= 11 is 0. The maximum absolute atomic E-state index is 11.8. The van der Waals surface area contributed by atoms with Crippen molar-refractivity contribution < 1.29 is 23.4 Å². The molecule has 0 aliphatic carbocycles. The van der Waals surface area contributed by atoms with Crippen LogP contribution >= 0.6 is 0 Å². The maximum atomic E-state index is 11.8. The Labute approximate surface area is 136 Å². The zero-order valence-electron chi connectivity index (χ0n) is 13.3. The van der Waals surface area contributed by atoms with Crippen LogP contribution in [0.3, 0.4) is 0 Å². The Kier molecular flexibility index (Phi) is 7.14. The number of carbonyl (C=O) groups is 1. The van der Waals surface area contributed by atoms with Gasteiger partial charge < -0.3 is 15.5 Å². The lowest BCUT2D eigenvalue weighted by Crippen LogP contribution is -2.47. The first-order valence-electron chi connectivity index (χ1n) is 7.26. The Morgan fingerprint density at radius 3 is 2.43 bits per heavy atom. The lowest BCUT2D eigenvalue weighted by molar-refractivity contribution is -0.136. The molecule has 0 aliphatic rings. The zero-order chi connectivity index (χ0) is 17.5. The molecular weight excluding hydrogens is 320 g/mol. The van der Waals surface area contributed by atoms with Crippen molar-refractivity contribution >= 4 is 15.9 Å². The number of aliphatic hydroxyl groups is 2. The van der Waals surface area contributed by atoms with Gasteiger partial charge >= 0.3 is 0 Å². The van der Waals surface area contributed by atoms with Crippen LogP contribution in [-0.2, 0) is 21.4 Å². The second-order valence-corrected chi connectivity index (χ2v) is 7.89. The van der Waals surface area contributed by atoms with Gasteiger partial charge in [0.15, 0.2) is 0 Å². The highest BCUT2D eigenvalue weighted by molar-refractivity contribution is 7.89. The fourth-order valence-corrected chi connectivity index (χ4v) is 2.61. The Morgan fingerprint density at radius 1 is 1.26 bits per heavy atom. The van der Waals surface area contributed by atoms with Gasteiger partial charge in [-0.2, -0.15) is 0 Å². The first-order chi connectivity index (χ1) is 10.7. The second kappa shape index (κ2) is 8.39. The van der Waals surface area contributed by atoms with Gasteiger partial charge in [0.1, 0.15) is 6.10 Å². The predicted octanol–water partition coefficient (Wildman–Crippen LogP) is -0.398. The highest BCUT2D eigenvalue weighted by Gasteiger charge is 2.32. The second-order valence-electron chi connectivity index (χ2n) is 5.97. The van der Waals surface area contributed by atoms with E-state index in [1.165, 1.54) is 13.8 Å². The van der Waals surface area contributed by atoms with E-state index >= 15 is 0 Å². The molecule has 0 radical (unpaired) electrons. The molecule has 0 aliphatic heterocycles. The van der Waals surface area contributed by atoms with Crippen molar-refractivity contribution in [2.75, 3.05) is 18.9 Å². The number of amides is 1. The normalized spacial score (nSPS) is 13.6. The van der Waals surface area contributed by atoms with Crippen LogP contribution in [-0.4, -0.2) is 49.5 Å². The molecule has 7 nitrogen and oxygen atoms in total. The van der Waals surface area contributed by atoms with E-state index in [2.05, 4.69) is 10.0 Å². The van der Waals surface area contributed by atoms with Crippen LogP contribution in [0.1, 0.15) is 19.4 Å². The summed E-state index contributed by atoms with van der Waals surface area (Å²) in [5.41, 5.74) is -0.158. The van der Waals surface area contributed by atoms with Crippen LogP contribution in [0.2, 0.25) is 0 Å². The summed E-state index contributed by atoms with van der Waals surface area (Å²) in [6.07, 6.45) is -1.41. The number of aliphatic hydroxyl groups excluding tert-OH is 2. The van der Waals surface area contributed by atoms with Gasteiger partial charge in [-0.05, 0) is 5.56 Å². The summed E-state index contributed by atoms with van der Waals surface area (Å²) < 4.78 is 26.1. The van der Waals surface area contributed by atoms with Gasteiger partial charge in [-0.15, -0.1) is 0 Å². The van der Waals surface area contributed by atoms with Crippen molar-refractivity contribution in [3.63, 3.8) is 0 Å². The molecular formula is C15H24N2O5S. The topological polar surface area (TPSA) is 116 Å². The lowest BCUT2D eigenvalue weighted by Gasteiger charge is -2.27. The van der Waals surface area contributed by atoms with Crippen molar-refractivity contribution in [3.05, 3.63) is 35.9 Å². The molecule has 0 saturated heterocycles. The van der Waals surface area contributed by atoms with E-state index in [-0.39, 0.29) is 25.4 Å². The van der Waals surface area contributed by atoms with E-state index in [1.54, 1.807) is 12.1 Å². The maximum Gasteiger partial charge on any atom is 0.249 e. The molecule has 1 rings (SSSR count). The standard InChI is InChI=1S/C15H24N2O5S/c1-15(2,11-18)13(19)14(20)16-8-9-23(21,22)17-10-12-6-4-3-5-7-12/h3-7,13,17-19H,8-11H2,1-2H3,(H,16,20)/t13-/m1/s1. The third-order valence-electron chi connectivity index (χ3n) is 3.41. The Balaban J connectivity index is 2.40. The largest absolute Gasteiger partial charge is 0.396 e. The number of carbonyl (C=O) groups excluding carboxylic acids is 1. The summed E-state index contributed by atoms with van der Waals surface area (Å²) in [6, 6.07) is 9.07. The molecule has 0 bridgehead atoms. The van der Waals surface area contributed by atoms with Gasteiger partial charge in [-0.3, -0.25) is 4.79 Å². The number of hydrogen-bond acceptors (Lipinski definition) is 5. The number of hydrogen-bond donors (Lipinski definition) is 4. The number of benzene rings is 1. The monoisotopic (exact) mass is 344 g/mol. The Morgan fingerprint density at radius 2 is 1.87 bits per heavy atom. The van der Waals surface area contributed by atoms with Crippen LogP contribution in [0.4, 0.5) is 0 Å². The van der Waals surface area contributed by atoms with E-state index in [0.29, 0.717) is 0 Å². The molecule has 1 aromatic rings. The van der Waals surface area contributed by atoms with Crippen molar-refractivity contribution in [1.82, 2.24) is 10.0 Å². The number of rotatable bonds is 9. The summed E-state index contributed by atoms with van der Waals surface area (Å²) in [7, 11) is -3.54. The molecule has 0 spiro atoms. The van der Waals surface area contributed by atoms with Gasteiger partial charge in [-0.25, -0.2) is 13.1 Å². The minimum absolute atomic E-state index is 0.123.